The normalized spacial score (nSPS) is 14.0. The van der Waals surface area contributed by atoms with Gasteiger partial charge >= 0.3 is 5.97 Å². The minimum absolute atomic E-state index is 0.0473. The number of fused-ring (bicyclic) bond motifs is 1. The van der Waals surface area contributed by atoms with Crippen LogP contribution in [0.25, 0.3) is 5.57 Å². The molecule has 118 valence electrons. The maximum absolute atomic E-state index is 12.5. The zero-order chi connectivity index (χ0) is 17.3. The molecule has 1 amide bonds. The maximum Gasteiger partial charge on any atom is 0.346 e. The number of carboxylic acid groups (broad SMARTS) is 1. The van der Waals surface area contributed by atoms with Crippen LogP contribution in [0, 0.1) is 11.3 Å². The lowest BCUT2D eigenvalue weighted by atomic mass is 10.0. The van der Waals surface area contributed by atoms with Crippen molar-refractivity contribution in [1.82, 2.24) is 0 Å². The van der Waals surface area contributed by atoms with Crippen molar-refractivity contribution in [2.24, 2.45) is 0 Å². The average molecular weight is 318 g/mol. The highest BCUT2D eigenvalue weighted by molar-refractivity contribution is 6.10. The molecule has 5 heteroatoms. The number of allylic oxidation sites excluding steroid dienone is 1. The molecule has 1 N–H and O–H groups in total. The van der Waals surface area contributed by atoms with Crippen molar-refractivity contribution in [3.05, 3.63) is 70.8 Å². The van der Waals surface area contributed by atoms with Crippen molar-refractivity contribution >= 4 is 23.1 Å². The van der Waals surface area contributed by atoms with Crippen molar-refractivity contribution in [3.63, 3.8) is 0 Å². The molecular weight excluding hydrogens is 304 g/mol. The number of anilines is 1. The quantitative estimate of drug-likeness (QED) is 0.696. The molecule has 1 heterocycles. The highest BCUT2D eigenvalue weighted by Gasteiger charge is 2.27. The lowest BCUT2D eigenvalue weighted by Gasteiger charge is -2.16. The molecule has 0 radical (unpaired) electrons. The molecule has 0 unspecified atom stereocenters. The van der Waals surface area contributed by atoms with E-state index in [9.17, 15) is 9.59 Å². The fourth-order valence-electron chi connectivity index (χ4n) is 2.79. The smallest absolute Gasteiger partial charge is 0.346 e. The fraction of sp³-hybridized carbons (Fsp3) is 0.105. The standard InChI is InChI=1S/C19H14N2O3/c1-12(17(10-20)19(23)24)13-6-8-15(9-7-13)21-11-14-4-2-3-5-16(14)18(21)22/h2-9H,11H2,1H3,(H,23,24)/b17-12+. The van der Waals surface area contributed by atoms with Gasteiger partial charge in [-0.05, 0) is 41.8 Å². The summed E-state index contributed by atoms with van der Waals surface area (Å²) < 4.78 is 0. The van der Waals surface area contributed by atoms with Crippen LogP contribution in [0.15, 0.2) is 54.1 Å². The molecule has 24 heavy (non-hydrogen) atoms. The van der Waals surface area contributed by atoms with Crippen LogP contribution in [-0.4, -0.2) is 17.0 Å². The Balaban J connectivity index is 1.91. The van der Waals surface area contributed by atoms with Crippen molar-refractivity contribution in [2.45, 2.75) is 13.5 Å². The molecular formula is C19H14N2O3. The second-order valence-electron chi connectivity index (χ2n) is 5.51. The van der Waals surface area contributed by atoms with Crippen LogP contribution >= 0.6 is 0 Å². The number of benzene rings is 2. The summed E-state index contributed by atoms with van der Waals surface area (Å²) in [4.78, 5) is 25.2. The summed E-state index contributed by atoms with van der Waals surface area (Å²) in [6.45, 7) is 2.11. The van der Waals surface area contributed by atoms with Gasteiger partial charge in [-0.3, -0.25) is 4.79 Å². The lowest BCUT2D eigenvalue weighted by molar-refractivity contribution is -0.132. The number of nitrogens with zero attached hydrogens (tertiary/aromatic N) is 2. The Morgan fingerprint density at radius 2 is 1.83 bits per heavy atom. The SMILES string of the molecule is C/C(=C(/C#N)C(=O)O)c1ccc(N2Cc3ccccc3C2=O)cc1. The molecule has 1 aliphatic rings. The Morgan fingerprint density at radius 3 is 2.42 bits per heavy atom. The van der Waals surface area contributed by atoms with Gasteiger partial charge in [0.15, 0.2) is 0 Å². The lowest BCUT2D eigenvalue weighted by Crippen LogP contribution is -2.22. The van der Waals surface area contributed by atoms with Gasteiger partial charge in [0, 0.05) is 11.3 Å². The maximum atomic E-state index is 12.5. The van der Waals surface area contributed by atoms with Gasteiger partial charge in [-0.2, -0.15) is 5.26 Å². The van der Waals surface area contributed by atoms with E-state index in [1.54, 1.807) is 42.2 Å². The first kappa shape index (κ1) is 15.5. The Morgan fingerprint density at radius 1 is 1.17 bits per heavy atom. The molecule has 0 aromatic heterocycles. The first-order valence-electron chi connectivity index (χ1n) is 7.37. The highest BCUT2D eigenvalue weighted by Crippen LogP contribution is 2.29. The zero-order valence-corrected chi connectivity index (χ0v) is 13.0. The second-order valence-corrected chi connectivity index (χ2v) is 5.51. The monoisotopic (exact) mass is 318 g/mol. The summed E-state index contributed by atoms with van der Waals surface area (Å²) >= 11 is 0. The number of carbonyl (C=O) groups is 2. The predicted molar refractivity (Wildman–Crippen MR) is 89.2 cm³/mol. The van der Waals surface area contributed by atoms with E-state index in [2.05, 4.69) is 0 Å². The van der Waals surface area contributed by atoms with Crippen molar-refractivity contribution in [3.8, 4) is 6.07 Å². The molecule has 0 saturated heterocycles. The zero-order valence-electron chi connectivity index (χ0n) is 13.0. The summed E-state index contributed by atoms with van der Waals surface area (Å²) in [7, 11) is 0. The van der Waals surface area contributed by atoms with Gasteiger partial charge in [0.2, 0.25) is 0 Å². The summed E-state index contributed by atoms with van der Waals surface area (Å²) in [6.07, 6.45) is 0. The van der Waals surface area contributed by atoms with Crippen LogP contribution < -0.4 is 4.90 Å². The minimum Gasteiger partial charge on any atom is -0.477 e. The van der Waals surface area contributed by atoms with Gasteiger partial charge in [0.25, 0.3) is 5.91 Å². The van der Waals surface area contributed by atoms with E-state index in [-0.39, 0.29) is 11.5 Å². The van der Waals surface area contributed by atoms with Gasteiger partial charge in [0.1, 0.15) is 11.6 Å². The minimum atomic E-state index is -1.25. The Labute approximate surface area is 139 Å². The molecule has 2 aromatic rings. The van der Waals surface area contributed by atoms with E-state index in [4.69, 9.17) is 10.4 Å². The highest BCUT2D eigenvalue weighted by atomic mass is 16.4. The number of rotatable bonds is 3. The Kier molecular flexibility index (Phi) is 3.88. The Bertz CT molecular complexity index is 905. The molecule has 0 bridgehead atoms. The van der Waals surface area contributed by atoms with E-state index in [1.165, 1.54) is 0 Å². The largest absolute Gasteiger partial charge is 0.477 e. The topological polar surface area (TPSA) is 81.4 Å². The van der Waals surface area contributed by atoms with Gasteiger partial charge in [-0.15, -0.1) is 0 Å². The summed E-state index contributed by atoms with van der Waals surface area (Å²) in [5.41, 5.74) is 3.18. The summed E-state index contributed by atoms with van der Waals surface area (Å²) in [5, 5.41) is 18.0. The predicted octanol–water partition coefficient (Wildman–Crippen LogP) is 3.23. The van der Waals surface area contributed by atoms with Crippen LogP contribution in [-0.2, 0) is 11.3 Å². The first-order chi connectivity index (χ1) is 11.5. The number of hydrogen-bond donors (Lipinski definition) is 1. The van der Waals surface area contributed by atoms with Gasteiger partial charge in [0.05, 0.1) is 6.54 Å². The van der Waals surface area contributed by atoms with Crippen LogP contribution in [0.5, 0.6) is 0 Å². The number of amides is 1. The van der Waals surface area contributed by atoms with E-state index in [0.717, 1.165) is 11.3 Å². The fourth-order valence-corrected chi connectivity index (χ4v) is 2.79. The third kappa shape index (κ3) is 2.55. The molecule has 0 spiro atoms. The first-order valence-corrected chi connectivity index (χ1v) is 7.37. The number of carbonyl (C=O) groups excluding carboxylic acids is 1. The van der Waals surface area contributed by atoms with Crippen molar-refractivity contribution in [2.75, 3.05) is 4.90 Å². The number of carboxylic acids is 1. The molecule has 0 fully saturated rings. The van der Waals surface area contributed by atoms with Gasteiger partial charge in [-0.25, -0.2) is 4.79 Å². The molecule has 0 aliphatic carbocycles. The Hall–Kier alpha value is -3.39. The van der Waals surface area contributed by atoms with Crippen LogP contribution in [0.3, 0.4) is 0 Å². The molecule has 0 atom stereocenters. The van der Waals surface area contributed by atoms with E-state index < -0.39 is 5.97 Å². The van der Waals surface area contributed by atoms with Crippen LogP contribution in [0.1, 0.15) is 28.4 Å². The second kappa shape index (κ2) is 6.01. The molecule has 3 rings (SSSR count). The summed E-state index contributed by atoms with van der Waals surface area (Å²) in [5.74, 6) is -1.29. The molecule has 1 aliphatic heterocycles. The van der Waals surface area contributed by atoms with E-state index in [1.807, 2.05) is 24.3 Å². The number of hydrogen-bond acceptors (Lipinski definition) is 3. The third-order valence-corrected chi connectivity index (χ3v) is 4.13. The van der Waals surface area contributed by atoms with Crippen molar-refractivity contribution < 1.29 is 14.7 Å². The average Bonchev–Trinajstić information content (AvgIpc) is 2.92. The van der Waals surface area contributed by atoms with E-state index >= 15 is 0 Å². The number of aliphatic carboxylic acids is 1. The molecule has 0 saturated carbocycles. The van der Waals surface area contributed by atoms with Crippen molar-refractivity contribution in [1.29, 1.82) is 5.26 Å². The number of nitriles is 1. The third-order valence-electron chi connectivity index (χ3n) is 4.13. The van der Waals surface area contributed by atoms with Gasteiger partial charge < -0.3 is 10.0 Å². The molecule has 5 nitrogen and oxygen atoms in total. The van der Waals surface area contributed by atoms with Crippen LogP contribution in [0.4, 0.5) is 5.69 Å². The van der Waals surface area contributed by atoms with Crippen LogP contribution in [0.2, 0.25) is 0 Å². The van der Waals surface area contributed by atoms with E-state index in [0.29, 0.717) is 23.2 Å². The van der Waals surface area contributed by atoms with Gasteiger partial charge in [-0.1, -0.05) is 30.3 Å². The molecule has 2 aromatic carbocycles. The summed E-state index contributed by atoms with van der Waals surface area (Å²) in [6, 6.07) is 16.2.